The van der Waals surface area contributed by atoms with E-state index in [0.717, 1.165) is 85.8 Å². The maximum atomic E-state index is 14.8. The van der Waals surface area contributed by atoms with E-state index in [4.69, 9.17) is 25.7 Å². The van der Waals surface area contributed by atoms with Crippen molar-refractivity contribution in [1.29, 1.82) is 0 Å². The Morgan fingerprint density at radius 1 is 0.732 bits per heavy atom. The second-order valence-electron chi connectivity index (χ2n) is 24.1. The second-order valence-corrected chi connectivity index (χ2v) is 24.1. The van der Waals surface area contributed by atoms with E-state index in [1.54, 1.807) is 0 Å². The predicted octanol–water partition coefficient (Wildman–Crippen LogP) is -6.11. The summed E-state index contributed by atoms with van der Waals surface area (Å²) in [5.74, 6) is -15.4. The molecule has 0 aromatic heterocycles. The molecule has 0 bridgehead atoms. The number of aliphatic hydroxyl groups is 8. The van der Waals surface area contributed by atoms with Crippen molar-refractivity contribution in [3.63, 3.8) is 0 Å². The molecule has 1 aromatic rings. The lowest BCUT2D eigenvalue weighted by atomic mass is 9.99. The maximum Gasteiger partial charge on any atom is 0.329 e. The Morgan fingerprint density at radius 2 is 1.31 bits per heavy atom. The molecule has 0 radical (unpaired) electrons. The number of unbranched alkanes of at least 4 members (excludes halogenated alkanes) is 8. The van der Waals surface area contributed by atoms with E-state index in [1.165, 1.54) is 31.2 Å². The number of likely N-dealkylation sites (N-methyl/N-ethyl adjacent to an activating group) is 1. The number of phenols is 1. The van der Waals surface area contributed by atoms with Gasteiger partial charge in [0.25, 0.3) is 11.8 Å². The number of ether oxygens (including phenoxy) is 3. The monoisotopic (exact) mass is 1380 g/mol. The predicted molar refractivity (Wildman–Crippen MR) is 339 cm³/mol. The van der Waals surface area contributed by atoms with Crippen molar-refractivity contribution in [3.8, 4) is 5.75 Å². The fourth-order valence-corrected chi connectivity index (χ4v) is 10.4. The van der Waals surface area contributed by atoms with Gasteiger partial charge in [-0.25, -0.2) is 4.79 Å². The molecule has 18 atom stereocenters. The lowest BCUT2D eigenvalue weighted by Gasteiger charge is -2.42. The van der Waals surface area contributed by atoms with Crippen LogP contribution in [0.2, 0.25) is 0 Å². The van der Waals surface area contributed by atoms with Crippen LogP contribution < -0.4 is 54.0 Å². The molecule has 35 nitrogen and oxygen atoms in total. The van der Waals surface area contributed by atoms with Gasteiger partial charge in [-0.1, -0.05) is 82.9 Å². The third kappa shape index (κ3) is 26.7. The van der Waals surface area contributed by atoms with E-state index < -0.39 is 232 Å². The molecule has 0 aliphatic carbocycles. The molecule has 2 fully saturated rings. The summed E-state index contributed by atoms with van der Waals surface area (Å²) in [7, 11) is 0.982. The van der Waals surface area contributed by atoms with Crippen molar-refractivity contribution < 1.29 is 118 Å². The van der Waals surface area contributed by atoms with Gasteiger partial charge in [0.15, 0.2) is 12.4 Å². The molecule has 1 aromatic carbocycles. The Bertz CT molecular complexity index is 2850. The minimum atomic E-state index is -2.30. The van der Waals surface area contributed by atoms with Gasteiger partial charge in [0.05, 0.1) is 37.6 Å². The van der Waals surface area contributed by atoms with Crippen LogP contribution in [0.4, 0.5) is 0 Å². The SMILES string of the molecule is C/C=C1\NC(=O)[C@@H](Cc2ccc(O)cc2)NC(=O)[C@@H]([C@@H](C)O)NC(=O)[C@@H](NC(=O)[C@@H](NC(=O)C(O)C(O)CCCCCCCCCCC)[C@@H](C)O)[C@@H](C)OC(=O)[C@H](CCC(N)=O)NC(=O)[C@H]([C@@H](C)O[C@@H]2O[C@H](CO)[C@@H](O)[C@H](O)[C@@H]2O)N(C)C(=O)CNC(=O)[C@H](CCC(N)=O)NC1=O. The van der Waals surface area contributed by atoms with Gasteiger partial charge in [0.2, 0.25) is 53.2 Å². The summed E-state index contributed by atoms with van der Waals surface area (Å²) in [6.07, 6.45) is -14.6. The first-order chi connectivity index (χ1) is 45.7. The Labute approximate surface area is 560 Å². The van der Waals surface area contributed by atoms with Crippen LogP contribution in [0.1, 0.15) is 137 Å². The summed E-state index contributed by atoms with van der Waals surface area (Å²) in [5, 5.41) is 114. The first kappa shape index (κ1) is 83.2. The molecule has 2 aliphatic heterocycles. The lowest BCUT2D eigenvalue weighted by Crippen LogP contribution is -2.64. The number of hydrogen-bond acceptors (Lipinski definition) is 24. The molecule has 3 rings (SSSR count). The summed E-state index contributed by atoms with van der Waals surface area (Å²) >= 11 is 0. The Kier molecular flexibility index (Phi) is 35.4. The van der Waals surface area contributed by atoms with Gasteiger partial charge >= 0.3 is 5.97 Å². The highest BCUT2D eigenvalue weighted by Crippen LogP contribution is 2.25. The highest BCUT2D eigenvalue weighted by molar-refractivity contribution is 6.02. The van der Waals surface area contributed by atoms with Gasteiger partial charge in [-0.3, -0.25) is 52.7 Å². The third-order valence-corrected chi connectivity index (χ3v) is 16.2. The normalized spacial score (nSPS) is 27.1. The van der Waals surface area contributed by atoms with E-state index in [1.807, 2.05) is 0 Å². The number of benzene rings is 1. The van der Waals surface area contributed by atoms with Crippen molar-refractivity contribution >= 4 is 70.9 Å². The van der Waals surface area contributed by atoms with Crippen molar-refractivity contribution in [1.82, 2.24) is 47.4 Å². The van der Waals surface area contributed by atoms with Gasteiger partial charge in [-0.2, -0.15) is 0 Å². The zero-order valence-corrected chi connectivity index (χ0v) is 55.6. The first-order valence-corrected chi connectivity index (χ1v) is 32.2. The number of carbonyl (C=O) groups excluding carboxylic acids is 12. The molecule has 11 amide bonds. The van der Waals surface area contributed by atoms with Gasteiger partial charge in [0, 0.05) is 26.3 Å². The number of esters is 1. The van der Waals surface area contributed by atoms with Gasteiger partial charge in [-0.05, 0) is 71.6 Å². The maximum absolute atomic E-state index is 14.8. The van der Waals surface area contributed by atoms with Gasteiger partial charge in [-0.15, -0.1) is 0 Å². The van der Waals surface area contributed by atoms with Crippen LogP contribution in [-0.4, -0.2) is 252 Å². The Balaban J connectivity index is 2.26. The summed E-state index contributed by atoms with van der Waals surface area (Å²) in [5.41, 5.74) is 10.5. The number of hydrogen-bond donors (Lipinski definition) is 19. The standard InChI is InChI=1S/C62H99N11O24/c1-8-10-11-12-13-14-15-16-17-18-40(78)49(82)60(93)71-46(31(4)76)57(90)72-47-32(5)95-61(94)38(24-26-43(64)80)68-59(92)48(33(6)96-62-52(85)51(84)50(83)41(29-74)97-62)73(7)44(81)28-65-53(86)37(23-25-42(63)79)67-54(87)36(9-2)66-55(88)39(27-34-19-21-35(77)22-20-34)69-56(89)45(30(3)75)70-58(47)91/h9,19-22,30-33,37-41,45-52,62,74-78,82-85H,8,10-18,23-29H2,1-7H3,(H2,63,79)(H2,64,80)(H,65,86)(H,66,88)(H,67,87)(H,68,92)(H,69,89)(H,70,91)(H,71,93)(H,72,90)/b36-9-/t30-,31-,32-,33-,37+,38+,39-,40?,41-,45-,46+,47+,48+,49?,50-,51+,52+,62-/m1/s1. The number of primary amides is 2. The van der Waals surface area contributed by atoms with Crippen LogP contribution in [0, 0.1) is 0 Å². The van der Waals surface area contributed by atoms with Crippen LogP contribution >= 0.6 is 0 Å². The number of nitrogens with one attached hydrogen (secondary N) is 8. The molecule has 546 valence electrons. The number of nitrogens with zero attached hydrogens (tertiary/aromatic N) is 1. The van der Waals surface area contributed by atoms with Crippen LogP contribution in [0.5, 0.6) is 5.75 Å². The Morgan fingerprint density at radius 3 is 1.87 bits per heavy atom. The second kappa shape index (κ2) is 41.3. The molecular weight excluding hydrogens is 1280 g/mol. The summed E-state index contributed by atoms with van der Waals surface area (Å²) < 4.78 is 17.0. The molecule has 2 aliphatic rings. The number of phenolic OH excluding ortho intramolecular Hbond substituents is 1. The Hall–Kier alpha value is -8.00. The topological polar surface area (TPSA) is 566 Å². The molecule has 0 spiro atoms. The van der Waals surface area contributed by atoms with E-state index in [0.29, 0.717) is 17.7 Å². The molecule has 0 saturated carbocycles. The number of cyclic esters (lactones) is 1. The molecule has 97 heavy (non-hydrogen) atoms. The number of allylic oxidation sites excluding steroid dienone is 1. The quantitative estimate of drug-likeness (QED) is 0.0202. The number of rotatable bonds is 29. The van der Waals surface area contributed by atoms with Crippen molar-refractivity contribution in [2.75, 3.05) is 20.2 Å². The zero-order valence-electron chi connectivity index (χ0n) is 55.6. The fourth-order valence-electron chi connectivity index (χ4n) is 10.4. The highest BCUT2D eigenvalue weighted by atomic mass is 16.7. The number of carbonyl (C=O) groups is 12. The molecule has 35 heteroatoms. The van der Waals surface area contributed by atoms with Crippen molar-refractivity contribution in [2.45, 2.75) is 247 Å². The van der Waals surface area contributed by atoms with E-state index in [2.05, 4.69) is 49.5 Å². The number of aliphatic hydroxyl groups excluding tert-OH is 8. The largest absolute Gasteiger partial charge is 0.508 e. The van der Waals surface area contributed by atoms with Crippen LogP contribution in [0.25, 0.3) is 0 Å². The van der Waals surface area contributed by atoms with Gasteiger partial charge < -0.3 is 119 Å². The molecular formula is C62H99N11O24. The minimum absolute atomic E-state index is 0.0402. The lowest BCUT2D eigenvalue weighted by molar-refractivity contribution is -0.312. The minimum Gasteiger partial charge on any atom is -0.508 e. The molecule has 21 N–H and O–H groups in total. The van der Waals surface area contributed by atoms with Gasteiger partial charge in [0.1, 0.15) is 84.3 Å². The van der Waals surface area contributed by atoms with E-state index in [-0.39, 0.29) is 17.7 Å². The average Bonchev–Trinajstić information content (AvgIpc) is 1.25. The highest BCUT2D eigenvalue weighted by Gasteiger charge is 2.47. The first-order valence-electron chi connectivity index (χ1n) is 32.2. The van der Waals surface area contributed by atoms with Crippen LogP contribution in [0.15, 0.2) is 36.0 Å². The van der Waals surface area contributed by atoms with Crippen molar-refractivity contribution in [2.24, 2.45) is 11.5 Å². The van der Waals surface area contributed by atoms with E-state index >= 15 is 0 Å². The number of aromatic hydroxyl groups is 1. The molecule has 2 heterocycles. The fraction of sp³-hybridized carbons (Fsp3) is 0.677. The van der Waals surface area contributed by atoms with Crippen molar-refractivity contribution in [3.05, 3.63) is 41.6 Å². The third-order valence-electron chi connectivity index (χ3n) is 16.2. The summed E-state index contributed by atoms with van der Waals surface area (Å²) in [6, 6.07) is -8.97. The zero-order chi connectivity index (χ0) is 73.0. The average molecular weight is 1380 g/mol. The molecule has 2 saturated heterocycles. The van der Waals surface area contributed by atoms with E-state index in [9.17, 15) is 103 Å². The smallest absolute Gasteiger partial charge is 0.329 e. The van der Waals surface area contributed by atoms with Crippen LogP contribution in [0.3, 0.4) is 0 Å². The number of nitrogens with two attached hydrogens (primary N) is 2. The summed E-state index contributed by atoms with van der Waals surface area (Å²) in [6.45, 7) is 5.52. The number of amides is 11. The molecule has 2 unspecified atom stereocenters. The van der Waals surface area contributed by atoms with Crippen LogP contribution in [-0.2, 0) is 78.2 Å². The summed E-state index contributed by atoms with van der Waals surface area (Å²) in [4.78, 5) is 168.